The molecule has 1 aromatic heterocycles. The Bertz CT molecular complexity index is 447. The standard InChI is InChI=1S/C13H19N5/c1-10-15-12(17-11-5-3-6-11)9-13(16-10)18(2)8-4-7-14/h9,11H,3-6,8H2,1-2H3,(H,15,16,17). The molecule has 96 valence electrons. The van der Waals surface area contributed by atoms with E-state index in [0.717, 1.165) is 17.5 Å². The van der Waals surface area contributed by atoms with Crippen molar-refractivity contribution in [2.75, 3.05) is 23.8 Å². The van der Waals surface area contributed by atoms with Crippen LogP contribution in [-0.2, 0) is 0 Å². The Hall–Kier alpha value is -1.83. The van der Waals surface area contributed by atoms with Crippen molar-refractivity contribution in [3.8, 4) is 6.07 Å². The molecule has 0 aliphatic heterocycles. The van der Waals surface area contributed by atoms with E-state index in [1.54, 1.807) is 0 Å². The first kappa shape index (κ1) is 12.6. The zero-order valence-corrected chi connectivity index (χ0v) is 11.0. The molecule has 0 aromatic carbocycles. The molecular weight excluding hydrogens is 226 g/mol. The van der Waals surface area contributed by atoms with Gasteiger partial charge in [-0.25, -0.2) is 9.97 Å². The number of aromatic nitrogens is 2. The van der Waals surface area contributed by atoms with Crippen LogP contribution in [0.25, 0.3) is 0 Å². The van der Waals surface area contributed by atoms with Crippen LogP contribution in [-0.4, -0.2) is 29.6 Å². The number of aryl methyl sites for hydroxylation is 1. The summed E-state index contributed by atoms with van der Waals surface area (Å²) >= 11 is 0. The largest absolute Gasteiger partial charge is 0.367 e. The molecular formula is C13H19N5. The summed E-state index contributed by atoms with van der Waals surface area (Å²) in [5.41, 5.74) is 0. The minimum absolute atomic E-state index is 0.505. The van der Waals surface area contributed by atoms with E-state index in [1.165, 1.54) is 19.3 Å². The Morgan fingerprint density at radius 1 is 1.50 bits per heavy atom. The van der Waals surface area contributed by atoms with Crippen LogP contribution >= 0.6 is 0 Å². The second-order valence-corrected chi connectivity index (χ2v) is 4.76. The van der Waals surface area contributed by atoms with E-state index in [-0.39, 0.29) is 0 Å². The number of anilines is 2. The second-order valence-electron chi connectivity index (χ2n) is 4.76. The first-order chi connectivity index (χ1) is 8.69. The molecule has 0 bridgehead atoms. The van der Waals surface area contributed by atoms with Crippen LogP contribution in [0, 0.1) is 18.3 Å². The van der Waals surface area contributed by atoms with Crippen molar-refractivity contribution in [2.45, 2.75) is 38.6 Å². The molecule has 0 amide bonds. The summed E-state index contributed by atoms with van der Waals surface area (Å²) in [6, 6.07) is 4.67. The van der Waals surface area contributed by atoms with Crippen LogP contribution in [0.2, 0.25) is 0 Å². The number of nitrogens with one attached hydrogen (secondary N) is 1. The molecule has 0 atom stereocenters. The average molecular weight is 245 g/mol. The van der Waals surface area contributed by atoms with E-state index >= 15 is 0 Å². The first-order valence-electron chi connectivity index (χ1n) is 6.39. The van der Waals surface area contributed by atoms with Gasteiger partial charge < -0.3 is 10.2 Å². The number of hydrogen-bond donors (Lipinski definition) is 1. The number of nitriles is 1. The van der Waals surface area contributed by atoms with Gasteiger partial charge in [-0.3, -0.25) is 0 Å². The lowest BCUT2D eigenvalue weighted by Crippen LogP contribution is -2.28. The van der Waals surface area contributed by atoms with E-state index in [2.05, 4.69) is 21.4 Å². The molecule has 2 rings (SSSR count). The molecule has 0 saturated heterocycles. The van der Waals surface area contributed by atoms with Crippen molar-refractivity contribution in [1.82, 2.24) is 9.97 Å². The third-order valence-corrected chi connectivity index (χ3v) is 3.23. The van der Waals surface area contributed by atoms with Gasteiger partial charge in [0.1, 0.15) is 17.5 Å². The summed E-state index contributed by atoms with van der Waals surface area (Å²) < 4.78 is 0. The van der Waals surface area contributed by atoms with Gasteiger partial charge in [0.15, 0.2) is 0 Å². The van der Waals surface area contributed by atoms with Gasteiger partial charge in [-0.05, 0) is 26.2 Å². The lowest BCUT2D eigenvalue weighted by atomic mass is 9.93. The third-order valence-electron chi connectivity index (χ3n) is 3.23. The van der Waals surface area contributed by atoms with E-state index in [0.29, 0.717) is 19.0 Å². The molecule has 5 nitrogen and oxygen atoms in total. The van der Waals surface area contributed by atoms with Crippen molar-refractivity contribution in [3.05, 3.63) is 11.9 Å². The molecule has 1 N–H and O–H groups in total. The van der Waals surface area contributed by atoms with Gasteiger partial charge in [0.05, 0.1) is 12.5 Å². The molecule has 1 heterocycles. The maximum absolute atomic E-state index is 8.61. The fourth-order valence-corrected chi connectivity index (χ4v) is 1.92. The molecule has 1 fully saturated rings. The molecule has 0 radical (unpaired) electrons. The van der Waals surface area contributed by atoms with Crippen molar-refractivity contribution in [2.24, 2.45) is 0 Å². The Balaban J connectivity index is 2.07. The van der Waals surface area contributed by atoms with Crippen molar-refractivity contribution < 1.29 is 0 Å². The Kier molecular flexibility index (Phi) is 3.98. The van der Waals surface area contributed by atoms with Gasteiger partial charge in [-0.1, -0.05) is 0 Å². The minimum atomic E-state index is 0.505. The lowest BCUT2D eigenvalue weighted by molar-refractivity contribution is 0.444. The number of hydrogen-bond acceptors (Lipinski definition) is 5. The van der Waals surface area contributed by atoms with E-state index in [1.807, 2.05) is 24.9 Å². The highest BCUT2D eigenvalue weighted by Crippen LogP contribution is 2.23. The highest BCUT2D eigenvalue weighted by molar-refractivity contribution is 5.49. The maximum Gasteiger partial charge on any atom is 0.134 e. The maximum atomic E-state index is 8.61. The molecule has 1 saturated carbocycles. The number of rotatable bonds is 5. The predicted molar refractivity (Wildman–Crippen MR) is 71.5 cm³/mol. The van der Waals surface area contributed by atoms with Crippen molar-refractivity contribution >= 4 is 11.6 Å². The van der Waals surface area contributed by atoms with Crippen LogP contribution in [0.3, 0.4) is 0 Å². The van der Waals surface area contributed by atoms with Gasteiger partial charge in [0.2, 0.25) is 0 Å². The quantitative estimate of drug-likeness (QED) is 0.860. The van der Waals surface area contributed by atoms with Gasteiger partial charge in [0.25, 0.3) is 0 Å². The Morgan fingerprint density at radius 2 is 2.28 bits per heavy atom. The van der Waals surface area contributed by atoms with Gasteiger partial charge >= 0.3 is 0 Å². The zero-order valence-electron chi connectivity index (χ0n) is 11.0. The topological polar surface area (TPSA) is 64.8 Å². The van der Waals surface area contributed by atoms with Crippen LogP contribution in [0.4, 0.5) is 11.6 Å². The lowest BCUT2D eigenvalue weighted by Gasteiger charge is -2.27. The van der Waals surface area contributed by atoms with Crippen LogP contribution in [0.15, 0.2) is 6.07 Å². The predicted octanol–water partition coefficient (Wildman–Crippen LogP) is 2.10. The normalized spacial score (nSPS) is 14.7. The average Bonchev–Trinajstić information content (AvgIpc) is 2.30. The molecule has 1 aliphatic rings. The summed E-state index contributed by atoms with van der Waals surface area (Å²) in [5, 5.41) is 12.0. The van der Waals surface area contributed by atoms with E-state index in [4.69, 9.17) is 5.26 Å². The SMILES string of the molecule is Cc1nc(NC2CCC2)cc(N(C)CCC#N)n1. The summed E-state index contributed by atoms with van der Waals surface area (Å²) in [7, 11) is 1.95. The Morgan fingerprint density at radius 3 is 2.89 bits per heavy atom. The molecule has 5 heteroatoms. The summed E-state index contributed by atoms with van der Waals surface area (Å²) in [5.74, 6) is 2.53. The van der Waals surface area contributed by atoms with E-state index in [9.17, 15) is 0 Å². The van der Waals surface area contributed by atoms with Gasteiger partial charge in [-0.15, -0.1) is 0 Å². The summed E-state index contributed by atoms with van der Waals surface area (Å²) in [6.45, 7) is 2.59. The molecule has 18 heavy (non-hydrogen) atoms. The fourth-order valence-electron chi connectivity index (χ4n) is 1.92. The number of nitrogens with zero attached hydrogens (tertiary/aromatic N) is 4. The minimum Gasteiger partial charge on any atom is -0.367 e. The molecule has 0 unspecified atom stereocenters. The third kappa shape index (κ3) is 3.10. The summed E-state index contributed by atoms with van der Waals surface area (Å²) in [4.78, 5) is 10.8. The van der Waals surface area contributed by atoms with Crippen LogP contribution in [0.1, 0.15) is 31.5 Å². The monoisotopic (exact) mass is 245 g/mol. The molecule has 1 aromatic rings. The fraction of sp³-hybridized carbons (Fsp3) is 0.615. The Labute approximate surface area is 108 Å². The van der Waals surface area contributed by atoms with Crippen molar-refractivity contribution in [3.63, 3.8) is 0 Å². The molecule has 0 spiro atoms. The highest BCUT2D eigenvalue weighted by Gasteiger charge is 2.18. The van der Waals surface area contributed by atoms with E-state index < -0.39 is 0 Å². The van der Waals surface area contributed by atoms with Crippen molar-refractivity contribution in [1.29, 1.82) is 5.26 Å². The van der Waals surface area contributed by atoms with Crippen LogP contribution in [0.5, 0.6) is 0 Å². The smallest absolute Gasteiger partial charge is 0.134 e. The first-order valence-corrected chi connectivity index (χ1v) is 6.39. The molecule has 1 aliphatic carbocycles. The highest BCUT2D eigenvalue weighted by atomic mass is 15.2. The summed E-state index contributed by atoms with van der Waals surface area (Å²) in [6.07, 6.45) is 4.26. The second kappa shape index (κ2) is 5.67. The van der Waals surface area contributed by atoms with Gasteiger partial charge in [-0.2, -0.15) is 5.26 Å². The zero-order chi connectivity index (χ0) is 13.0. The van der Waals surface area contributed by atoms with Gasteiger partial charge in [0, 0.05) is 25.7 Å². The van der Waals surface area contributed by atoms with Crippen LogP contribution < -0.4 is 10.2 Å².